The molecule has 8 nitrogen and oxygen atoms in total. The van der Waals surface area contributed by atoms with Gasteiger partial charge in [-0.3, -0.25) is 9.97 Å². The van der Waals surface area contributed by atoms with E-state index >= 15 is 0 Å². The minimum absolute atomic E-state index is 0.250. The number of nitrogens with one attached hydrogen (secondary N) is 1. The fraction of sp³-hybridized carbons (Fsp3) is 0.333. The Morgan fingerprint density at radius 2 is 1.43 bits per heavy atom. The highest BCUT2D eigenvalue weighted by Gasteiger charge is 2.25. The van der Waals surface area contributed by atoms with Gasteiger partial charge in [0.15, 0.2) is 5.82 Å². The van der Waals surface area contributed by atoms with Gasteiger partial charge in [0.1, 0.15) is 5.69 Å². The molecule has 0 aliphatic heterocycles. The highest BCUT2D eigenvalue weighted by Crippen LogP contribution is 2.41. The van der Waals surface area contributed by atoms with E-state index in [1.54, 1.807) is 0 Å². The van der Waals surface area contributed by atoms with Gasteiger partial charge in [-0.05, 0) is 123 Å². The van der Waals surface area contributed by atoms with Crippen molar-refractivity contribution in [2.24, 2.45) is 7.05 Å². The molecule has 2 aromatic carbocycles. The number of aryl methyl sites for hydroxylation is 5. The van der Waals surface area contributed by atoms with Gasteiger partial charge in [-0.2, -0.15) is 9.59 Å². The summed E-state index contributed by atoms with van der Waals surface area (Å²) in [5.74, 6) is 2.54. The molecule has 0 radical (unpaired) electrons. The molecule has 8 heteroatoms. The maximum Gasteiger partial charge on any atom is 0.373 e. The van der Waals surface area contributed by atoms with Crippen molar-refractivity contribution < 1.29 is 9.59 Å². The van der Waals surface area contributed by atoms with Crippen molar-refractivity contribution in [3.8, 4) is 11.5 Å². The third-order valence-electron chi connectivity index (χ3n) is 7.82. The summed E-state index contributed by atoms with van der Waals surface area (Å²) in [7, 11) is 3.93. The standard InChI is InChI=1S/C18H19N3.C9H11N.C8H12N2.CO2/c1-11-4-7-16-15(8-11)20-18(21(16)3)17-12(2)9-14(10-19-17)13-5-6-13;1-7-4-9(6-10-5-7)8-2-3-8;1-6-3-4-8(10-2)7(9)5-6;2-1-3/h4,7-10,13H,5-6H2,1-3H3;4-6,8H,2-3H2,1H3;3-5,10H,9H2,1-2H3;. The van der Waals surface area contributed by atoms with Gasteiger partial charge >= 0.3 is 6.15 Å². The van der Waals surface area contributed by atoms with Crippen molar-refractivity contribution in [3.05, 3.63) is 101 Å². The van der Waals surface area contributed by atoms with Crippen molar-refractivity contribution in [2.75, 3.05) is 18.1 Å². The van der Waals surface area contributed by atoms with E-state index in [-0.39, 0.29) is 6.15 Å². The largest absolute Gasteiger partial charge is 0.397 e. The van der Waals surface area contributed by atoms with Gasteiger partial charge in [-0.15, -0.1) is 0 Å². The van der Waals surface area contributed by atoms with E-state index in [0.29, 0.717) is 0 Å². The molecular formula is C36H42N6O2. The van der Waals surface area contributed by atoms with Crippen LogP contribution in [0.4, 0.5) is 11.4 Å². The average molecular weight is 591 g/mol. The average Bonchev–Trinajstić information content (AvgIpc) is 3.92. The number of hydrogen-bond acceptors (Lipinski definition) is 7. The molecular weight excluding hydrogens is 548 g/mol. The highest BCUT2D eigenvalue weighted by molar-refractivity contribution is 5.81. The normalized spacial score (nSPS) is 13.3. The van der Waals surface area contributed by atoms with Crippen LogP contribution in [-0.2, 0) is 16.6 Å². The molecule has 0 atom stereocenters. The van der Waals surface area contributed by atoms with E-state index in [1.165, 1.54) is 59.1 Å². The van der Waals surface area contributed by atoms with Crippen LogP contribution in [0.3, 0.4) is 0 Å². The summed E-state index contributed by atoms with van der Waals surface area (Å²) in [6, 6.07) is 16.9. The van der Waals surface area contributed by atoms with E-state index in [2.05, 4.69) is 73.0 Å². The summed E-state index contributed by atoms with van der Waals surface area (Å²) in [5.41, 5.74) is 18.4. The molecule has 0 unspecified atom stereocenters. The predicted octanol–water partition coefficient (Wildman–Crippen LogP) is 7.43. The number of nitrogen functional groups attached to an aromatic ring is 1. The molecule has 0 bridgehead atoms. The zero-order chi connectivity index (χ0) is 31.8. The van der Waals surface area contributed by atoms with E-state index in [0.717, 1.165) is 45.8 Å². The molecule has 2 aliphatic rings. The summed E-state index contributed by atoms with van der Waals surface area (Å²) < 4.78 is 2.14. The smallest absolute Gasteiger partial charge is 0.373 e. The van der Waals surface area contributed by atoms with Crippen molar-refractivity contribution in [1.29, 1.82) is 0 Å². The van der Waals surface area contributed by atoms with Crippen LogP contribution in [0.1, 0.15) is 70.9 Å². The third kappa shape index (κ3) is 8.39. The lowest BCUT2D eigenvalue weighted by molar-refractivity contribution is -0.191. The number of benzene rings is 2. The van der Waals surface area contributed by atoms with Crippen molar-refractivity contribution in [2.45, 2.75) is 65.2 Å². The van der Waals surface area contributed by atoms with E-state index in [4.69, 9.17) is 25.3 Å². The Labute approximate surface area is 259 Å². The first-order chi connectivity index (χ1) is 21.1. The number of anilines is 2. The van der Waals surface area contributed by atoms with Crippen molar-refractivity contribution in [1.82, 2.24) is 19.5 Å². The highest BCUT2D eigenvalue weighted by atomic mass is 16.2. The first-order valence-corrected chi connectivity index (χ1v) is 15.0. The topological polar surface area (TPSA) is 116 Å². The second kappa shape index (κ2) is 14.6. The quantitative estimate of drug-likeness (QED) is 0.209. The Kier molecular flexibility index (Phi) is 10.6. The summed E-state index contributed by atoms with van der Waals surface area (Å²) in [4.78, 5) is 29.9. The van der Waals surface area contributed by atoms with Crippen LogP contribution in [0.5, 0.6) is 0 Å². The Hall–Kier alpha value is -4.81. The maximum atomic E-state index is 8.12. The Morgan fingerprint density at radius 3 is 2.00 bits per heavy atom. The predicted molar refractivity (Wildman–Crippen MR) is 176 cm³/mol. The first kappa shape index (κ1) is 32.1. The summed E-state index contributed by atoms with van der Waals surface area (Å²) in [6.45, 7) is 8.36. The summed E-state index contributed by atoms with van der Waals surface area (Å²) in [5, 5.41) is 3.00. The van der Waals surface area contributed by atoms with Gasteiger partial charge in [0.25, 0.3) is 0 Å². The molecule has 0 spiro atoms. The molecule has 3 heterocycles. The van der Waals surface area contributed by atoms with E-state index in [1.807, 2.05) is 50.8 Å². The number of nitrogens with two attached hydrogens (primary N) is 1. The second-order valence-corrected chi connectivity index (χ2v) is 11.7. The molecule has 2 fully saturated rings. The van der Waals surface area contributed by atoms with Crippen LogP contribution in [-0.4, -0.2) is 32.7 Å². The molecule has 5 aromatic rings. The number of nitrogens with zero attached hydrogens (tertiary/aromatic N) is 4. The molecule has 7 rings (SSSR count). The Bertz CT molecular complexity index is 1760. The Balaban J connectivity index is 0.000000161. The number of hydrogen-bond donors (Lipinski definition) is 2. The molecule has 0 saturated heterocycles. The zero-order valence-electron chi connectivity index (χ0n) is 26.5. The lowest BCUT2D eigenvalue weighted by Crippen LogP contribution is -1.98. The number of rotatable bonds is 4. The number of aromatic nitrogens is 4. The van der Waals surface area contributed by atoms with E-state index in [9.17, 15) is 0 Å². The van der Waals surface area contributed by atoms with Crippen molar-refractivity contribution >= 4 is 28.6 Å². The van der Waals surface area contributed by atoms with E-state index < -0.39 is 0 Å². The lowest BCUT2D eigenvalue weighted by Gasteiger charge is -2.07. The van der Waals surface area contributed by atoms with Gasteiger partial charge in [-0.1, -0.05) is 24.3 Å². The SMILES string of the molecule is CNc1ccc(C)cc1N.Cc1ccc2c(c1)nc(-c1ncc(C3CC3)cc1C)n2C.Cc1cncc(C2CC2)c1.O=C=O. The fourth-order valence-corrected chi connectivity index (χ4v) is 5.12. The number of imidazole rings is 1. The van der Waals surface area contributed by atoms with Crippen LogP contribution in [0.15, 0.2) is 67.1 Å². The summed E-state index contributed by atoms with van der Waals surface area (Å²) >= 11 is 0. The molecule has 3 N–H and O–H groups in total. The lowest BCUT2D eigenvalue weighted by atomic mass is 10.1. The minimum atomic E-state index is 0.250. The molecule has 228 valence electrons. The Morgan fingerprint density at radius 1 is 0.818 bits per heavy atom. The van der Waals surface area contributed by atoms with Gasteiger partial charge in [0.2, 0.25) is 0 Å². The minimum Gasteiger partial charge on any atom is -0.397 e. The molecule has 2 aliphatic carbocycles. The second-order valence-electron chi connectivity index (χ2n) is 11.7. The molecule has 44 heavy (non-hydrogen) atoms. The van der Waals surface area contributed by atoms with Gasteiger partial charge in [0, 0.05) is 32.7 Å². The molecule has 2 saturated carbocycles. The zero-order valence-corrected chi connectivity index (χ0v) is 26.5. The maximum absolute atomic E-state index is 8.12. The number of pyridine rings is 2. The van der Waals surface area contributed by atoms with Crippen LogP contribution in [0, 0.1) is 27.7 Å². The summed E-state index contributed by atoms with van der Waals surface area (Å²) in [6.07, 6.45) is 11.5. The number of carbonyl (C=O) groups excluding carboxylic acids is 2. The molecule has 3 aromatic heterocycles. The van der Waals surface area contributed by atoms with Gasteiger partial charge in [0.05, 0.1) is 22.4 Å². The monoisotopic (exact) mass is 590 g/mol. The van der Waals surface area contributed by atoms with Crippen LogP contribution >= 0.6 is 0 Å². The van der Waals surface area contributed by atoms with Crippen LogP contribution < -0.4 is 11.1 Å². The van der Waals surface area contributed by atoms with Gasteiger partial charge < -0.3 is 15.6 Å². The van der Waals surface area contributed by atoms with Crippen LogP contribution in [0.2, 0.25) is 0 Å². The molecule has 0 amide bonds. The number of fused-ring (bicyclic) bond motifs is 1. The fourth-order valence-electron chi connectivity index (χ4n) is 5.12. The van der Waals surface area contributed by atoms with Crippen LogP contribution in [0.25, 0.3) is 22.6 Å². The van der Waals surface area contributed by atoms with Gasteiger partial charge in [-0.25, -0.2) is 4.98 Å². The first-order valence-electron chi connectivity index (χ1n) is 15.0. The van der Waals surface area contributed by atoms with Crippen molar-refractivity contribution in [3.63, 3.8) is 0 Å². The third-order valence-corrected chi connectivity index (χ3v) is 7.82.